The van der Waals surface area contributed by atoms with Crippen LogP contribution < -0.4 is 20.1 Å². The van der Waals surface area contributed by atoms with Gasteiger partial charge in [0.2, 0.25) is 0 Å². The first-order chi connectivity index (χ1) is 8.84. The molecule has 0 aliphatic carbocycles. The first-order valence-corrected chi connectivity index (χ1v) is 6.25. The van der Waals surface area contributed by atoms with Crippen molar-refractivity contribution in [2.45, 2.75) is 12.5 Å². The van der Waals surface area contributed by atoms with Gasteiger partial charge in [0.25, 0.3) is 5.91 Å². The van der Waals surface area contributed by atoms with Crippen LogP contribution in [0.4, 0.5) is 0 Å². The number of amides is 1. The highest BCUT2D eigenvalue weighted by molar-refractivity contribution is 5.98. The monoisotopic (exact) mass is 284 g/mol. The van der Waals surface area contributed by atoms with Gasteiger partial charge in [-0.25, -0.2) is 0 Å². The summed E-state index contributed by atoms with van der Waals surface area (Å²) in [6.45, 7) is 2.81. The molecular weight excluding hydrogens is 268 g/mol. The van der Waals surface area contributed by atoms with Crippen LogP contribution in [0.25, 0.3) is 0 Å². The molecule has 0 radical (unpaired) electrons. The van der Waals surface area contributed by atoms with Gasteiger partial charge in [-0.1, -0.05) is 6.07 Å². The van der Waals surface area contributed by atoms with E-state index in [4.69, 9.17) is 9.47 Å². The minimum Gasteiger partial charge on any atom is -0.486 e. The predicted molar refractivity (Wildman–Crippen MR) is 73.4 cm³/mol. The molecule has 1 atom stereocenters. The van der Waals surface area contributed by atoms with Gasteiger partial charge in [0.15, 0.2) is 11.5 Å². The van der Waals surface area contributed by atoms with Crippen LogP contribution in [0.5, 0.6) is 11.5 Å². The number of hydrogen-bond donors (Lipinski definition) is 2. The van der Waals surface area contributed by atoms with Crippen molar-refractivity contribution < 1.29 is 14.3 Å². The van der Waals surface area contributed by atoms with Crippen molar-refractivity contribution in [3.05, 3.63) is 23.8 Å². The number of ether oxygens (including phenoxy) is 2. The fourth-order valence-electron chi connectivity index (χ4n) is 2.29. The van der Waals surface area contributed by atoms with Crippen LogP contribution in [0.3, 0.4) is 0 Å². The Hall–Kier alpha value is -1.46. The van der Waals surface area contributed by atoms with E-state index in [9.17, 15) is 4.79 Å². The van der Waals surface area contributed by atoms with Crippen LogP contribution in [-0.2, 0) is 0 Å². The molecule has 0 spiro atoms. The third-order valence-electron chi connectivity index (χ3n) is 3.21. The van der Waals surface area contributed by atoms with Crippen molar-refractivity contribution in [3.8, 4) is 11.5 Å². The van der Waals surface area contributed by atoms with Crippen molar-refractivity contribution in [1.82, 2.24) is 10.6 Å². The molecule has 104 valence electrons. The summed E-state index contributed by atoms with van der Waals surface area (Å²) in [6.07, 6.45) is 0.970. The molecule has 0 saturated carbocycles. The smallest absolute Gasteiger partial charge is 0.255 e. The third kappa shape index (κ3) is 2.93. The second-order valence-electron chi connectivity index (χ2n) is 4.49. The van der Waals surface area contributed by atoms with Crippen LogP contribution in [0.1, 0.15) is 16.8 Å². The Morgan fingerprint density at radius 2 is 2.16 bits per heavy atom. The van der Waals surface area contributed by atoms with Gasteiger partial charge in [0.1, 0.15) is 13.2 Å². The van der Waals surface area contributed by atoms with E-state index in [1.807, 2.05) is 12.1 Å². The summed E-state index contributed by atoms with van der Waals surface area (Å²) in [5, 5.41) is 6.23. The summed E-state index contributed by atoms with van der Waals surface area (Å²) in [4.78, 5) is 12.2. The van der Waals surface area contributed by atoms with Gasteiger partial charge < -0.3 is 20.1 Å². The van der Waals surface area contributed by atoms with Gasteiger partial charge in [-0.3, -0.25) is 4.79 Å². The topological polar surface area (TPSA) is 59.6 Å². The lowest BCUT2D eigenvalue weighted by atomic mass is 10.1. The number of fused-ring (bicyclic) bond motifs is 1. The molecule has 1 unspecified atom stereocenters. The number of para-hydroxylation sites is 1. The van der Waals surface area contributed by atoms with Gasteiger partial charge in [0, 0.05) is 12.6 Å². The zero-order valence-electron chi connectivity index (χ0n) is 10.5. The molecular formula is C13H17ClN2O3. The zero-order chi connectivity index (χ0) is 12.4. The molecule has 2 N–H and O–H groups in total. The summed E-state index contributed by atoms with van der Waals surface area (Å²) >= 11 is 0. The highest BCUT2D eigenvalue weighted by atomic mass is 35.5. The van der Waals surface area contributed by atoms with Gasteiger partial charge in [-0.15, -0.1) is 12.4 Å². The fourth-order valence-corrected chi connectivity index (χ4v) is 2.29. The summed E-state index contributed by atoms with van der Waals surface area (Å²) in [6, 6.07) is 5.61. The maximum atomic E-state index is 12.2. The van der Waals surface area contributed by atoms with E-state index < -0.39 is 0 Å². The fraction of sp³-hybridized carbons (Fsp3) is 0.462. The van der Waals surface area contributed by atoms with Crippen molar-refractivity contribution in [1.29, 1.82) is 0 Å². The van der Waals surface area contributed by atoms with E-state index >= 15 is 0 Å². The quantitative estimate of drug-likeness (QED) is 0.850. The Kier molecular flexibility index (Phi) is 4.50. The van der Waals surface area contributed by atoms with E-state index in [0.29, 0.717) is 30.3 Å². The molecule has 1 aromatic rings. The van der Waals surface area contributed by atoms with Gasteiger partial charge in [-0.05, 0) is 25.1 Å². The molecule has 1 fully saturated rings. The molecule has 3 rings (SSSR count). The number of hydrogen-bond acceptors (Lipinski definition) is 4. The van der Waals surface area contributed by atoms with Crippen molar-refractivity contribution in [3.63, 3.8) is 0 Å². The van der Waals surface area contributed by atoms with Crippen LogP contribution in [0, 0.1) is 0 Å². The minimum atomic E-state index is -0.0916. The second-order valence-corrected chi connectivity index (χ2v) is 4.49. The van der Waals surface area contributed by atoms with E-state index in [2.05, 4.69) is 10.6 Å². The standard InChI is InChI=1S/C13H16N2O3.ClH/c16-13(15-9-4-5-14-8-9)10-2-1-3-11-12(10)18-7-6-17-11;/h1-3,9,14H,4-8H2,(H,15,16);1H. The van der Waals surface area contributed by atoms with Crippen molar-refractivity contribution >= 4 is 18.3 Å². The van der Waals surface area contributed by atoms with Crippen molar-refractivity contribution in [2.24, 2.45) is 0 Å². The molecule has 0 aromatic heterocycles. The van der Waals surface area contributed by atoms with Gasteiger partial charge >= 0.3 is 0 Å². The first kappa shape index (κ1) is 14.0. The largest absolute Gasteiger partial charge is 0.486 e. The summed E-state index contributed by atoms with van der Waals surface area (Å²) in [5.41, 5.74) is 0.555. The van der Waals surface area contributed by atoms with Crippen molar-refractivity contribution in [2.75, 3.05) is 26.3 Å². The number of carbonyl (C=O) groups excluding carboxylic acids is 1. The Morgan fingerprint density at radius 3 is 2.95 bits per heavy atom. The van der Waals surface area contributed by atoms with Crippen LogP contribution in [-0.4, -0.2) is 38.3 Å². The molecule has 6 heteroatoms. The highest BCUT2D eigenvalue weighted by Crippen LogP contribution is 2.33. The second kappa shape index (κ2) is 6.12. The lowest BCUT2D eigenvalue weighted by Crippen LogP contribution is -2.36. The molecule has 19 heavy (non-hydrogen) atoms. The molecule has 1 saturated heterocycles. The Morgan fingerprint density at radius 1 is 1.32 bits per heavy atom. The molecule has 5 nitrogen and oxygen atoms in total. The SMILES string of the molecule is Cl.O=C(NC1CCNC1)c1cccc2c1OCCO2. The van der Waals surface area contributed by atoms with Gasteiger partial charge in [-0.2, -0.15) is 0 Å². The van der Waals surface area contributed by atoms with E-state index in [1.54, 1.807) is 6.07 Å². The van der Waals surface area contributed by atoms with Gasteiger partial charge in [0.05, 0.1) is 5.56 Å². The molecule has 2 heterocycles. The first-order valence-electron chi connectivity index (χ1n) is 6.25. The molecule has 1 amide bonds. The number of nitrogens with one attached hydrogen (secondary N) is 2. The number of benzene rings is 1. The van der Waals surface area contributed by atoms with E-state index in [0.717, 1.165) is 19.5 Å². The van der Waals surface area contributed by atoms with Crippen LogP contribution in [0.15, 0.2) is 18.2 Å². The summed E-state index contributed by atoms with van der Waals surface area (Å²) < 4.78 is 11.0. The average Bonchev–Trinajstić information content (AvgIpc) is 2.91. The molecule has 2 aliphatic rings. The van der Waals surface area contributed by atoms with E-state index in [1.165, 1.54) is 0 Å². The lowest BCUT2D eigenvalue weighted by molar-refractivity contribution is 0.0929. The maximum Gasteiger partial charge on any atom is 0.255 e. The lowest BCUT2D eigenvalue weighted by Gasteiger charge is -2.21. The average molecular weight is 285 g/mol. The number of halogens is 1. The summed E-state index contributed by atoms with van der Waals surface area (Å²) in [5.74, 6) is 1.12. The normalized spacial score (nSPS) is 20.5. The molecule has 2 aliphatic heterocycles. The summed E-state index contributed by atoms with van der Waals surface area (Å²) in [7, 11) is 0. The minimum absolute atomic E-state index is 0. The van der Waals surface area contributed by atoms with Crippen LogP contribution >= 0.6 is 12.4 Å². The number of rotatable bonds is 2. The molecule has 0 bridgehead atoms. The van der Waals surface area contributed by atoms with Crippen LogP contribution in [0.2, 0.25) is 0 Å². The zero-order valence-corrected chi connectivity index (χ0v) is 11.3. The maximum absolute atomic E-state index is 12.2. The Bertz CT molecular complexity index is 461. The Balaban J connectivity index is 0.00000133. The number of carbonyl (C=O) groups is 1. The van der Waals surface area contributed by atoms with E-state index in [-0.39, 0.29) is 24.4 Å². The highest BCUT2D eigenvalue weighted by Gasteiger charge is 2.23. The third-order valence-corrected chi connectivity index (χ3v) is 3.21. The predicted octanol–water partition coefficient (Wildman–Crippen LogP) is 0.971. The molecule has 1 aromatic carbocycles. The Labute approximate surface area is 118 Å².